The van der Waals surface area contributed by atoms with E-state index in [1.54, 1.807) is 6.92 Å². The van der Waals surface area contributed by atoms with E-state index in [2.05, 4.69) is 9.69 Å². The Morgan fingerprint density at radius 2 is 2.19 bits per heavy atom. The molecule has 1 fully saturated rings. The number of nitrogen functional groups attached to an aromatic ring is 1. The zero-order valence-electron chi connectivity index (χ0n) is 17.3. The van der Waals surface area contributed by atoms with Crippen LogP contribution in [0, 0.1) is 5.82 Å². The Kier molecular flexibility index (Phi) is 7.64. The summed E-state index contributed by atoms with van der Waals surface area (Å²) in [6, 6.07) is 2.71. The number of rotatable bonds is 8. The van der Waals surface area contributed by atoms with Crippen LogP contribution >= 0.6 is 23.1 Å². The summed E-state index contributed by atoms with van der Waals surface area (Å²) in [6.07, 6.45) is 1.90. The van der Waals surface area contributed by atoms with Crippen LogP contribution < -0.4 is 21.7 Å². The first kappa shape index (κ1) is 23.9. The molecule has 1 aliphatic heterocycles. The van der Waals surface area contributed by atoms with E-state index in [1.165, 1.54) is 17.0 Å². The summed E-state index contributed by atoms with van der Waals surface area (Å²) in [5.41, 5.74) is 11.0. The number of anilines is 2. The van der Waals surface area contributed by atoms with Gasteiger partial charge in [0.2, 0.25) is 5.91 Å². The molecule has 1 aromatic carbocycles. The molecule has 2 aromatic rings. The zero-order chi connectivity index (χ0) is 23.4. The Morgan fingerprint density at radius 1 is 1.44 bits per heavy atom. The molecule has 12 heteroatoms. The fourth-order valence-electron chi connectivity index (χ4n) is 3.43. The van der Waals surface area contributed by atoms with Gasteiger partial charge in [0, 0.05) is 18.8 Å². The van der Waals surface area contributed by atoms with Gasteiger partial charge >= 0.3 is 0 Å². The maximum Gasteiger partial charge on any atom is 0.272 e. The number of carbonyl (C=O) groups excluding carboxylic acids is 3. The lowest BCUT2D eigenvalue weighted by Gasteiger charge is -2.30. The minimum atomic E-state index is -0.969. The third kappa shape index (κ3) is 5.00. The zero-order valence-corrected chi connectivity index (χ0v) is 18.8. The monoisotopic (exact) mass is 483 g/mol. The smallest absolute Gasteiger partial charge is 0.272 e. The highest BCUT2D eigenvalue weighted by atomic mass is 35.5. The Morgan fingerprint density at radius 3 is 2.75 bits per heavy atom. The molecule has 172 valence electrons. The summed E-state index contributed by atoms with van der Waals surface area (Å²) >= 11 is 6.63. The van der Waals surface area contributed by atoms with Crippen molar-refractivity contribution in [2.24, 2.45) is 5.73 Å². The lowest BCUT2D eigenvalue weighted by atomic mass is 10.1. The third-order valence-electron chi connectivity index (χ3n) is 5.08. The van der Waals surface area contributed by atoms with E-state index in [0.29, 0.717) is 24.7 Å². The molecule has 5 N–H and O–H groups in total. The van der Waals surface area contributed by atoms with Crippen molar-refractivity contribution in [1.82, 2.24) is 9.69 Å². The molecular weight excluding hydrogens is 461 g/mol. The van der Waals surface area contributed by atoms with Crippen LogP contribution in [0.15, 0.2) is 18.2 Å². The number of ether oxygens (including phenoxy) is 1. The van der Waals surface area contributed by atoms with Gasteiger partial charge < -0.3 is 21.5 Å². The summed E-state index contributed by atoms with van der Waals surface area (Å²) in [7, 11) is 0. The average molecular weight is 484 g/mol. The summed E-state index contributed by atoms with van der Waals surface area (Å²) in [6.45, 7) is 2.67. The van der Waals surface area contributed by atoms with Gasteiger partial charge in [-0.1, -0.05) is 18.5 Å². The number of nitrogens with two attached hydrogens (primary N) is 2. The van der Waals surface area contributed by atoms with E-state index >= 15 is 0 Å². The van der Waals surface area contributed by atoms with E-state index < -0.39 is 29.6 Å². The van der Waals surface area contributed by atoms with E-state index in [1.807, 2.05) is 0 Å². The number of aromatic nitrogens is 1. The van der Waals surface area contributed by atoms with Crippen LogP contribution in [0.3, 0.4) is 0 Å². The van der Waals surface area contributed by atoms with Crippen LogP contribution in [0.1, 0.15) is 46.3 Å². The molecule has 0 saturated carbocycles. The van der Waals surface area contributed by atoms with Gasteiger partial charge in [-0.05, 0) is 49.0 Å². The largest absolute Gasteiger partial charge is 0.395 e. The number of amides is 3. The molecule has 2 unspecified atom stereocenters. The van der Waals surface area contributed by atoms with Crippen molar-refractivity contribution >= 4 is 52.2 Å². The fourth-order valence-corrected chi connectivity index (χ4v) is 4.35. The molecule has 1 aromatic heterocycles. The van der Waals surface area contributed by atoms with Gasteiger partial charge in [-0.15, -0.1) is 0 Å². The molecule has 0 bridgehead atoms. The topological polar surface area (TPSA) is 141 Å². The summed E-state index contributed by atoms with van der Waals surface area (Å²) in [5, 5.41) is 2.60. The third-order valence-corrected chi connectivity index (χ3v) is 6.23. The lowest BCUT2D eigenvalue weighted by molar-refractivity contribution is -0.122. The van der Waals surface area contributed by atoms with Crippen molar-refractivity contribution in [2.45, 2.75) is 38.3 Å². The van der Waals surface area contributed by atoms with Crippen molar-refractivity contribution in [3.05, 3.63) is 39.6 Å². The molecule has 3 rings (SSSR count). The van der Waals surface area contributed by atoms with Gasteiger partial charge in [0.05, 0.1) is 16.8 Å². The van der Waals surface area contributed by atoms with E-state index in [-0.39, 0.29) is 39.5 Å². The van der Waals surface area contributed by atoms with Crippen LogP contribution in [0.2, 0.25) is 5.02 Å². The second kappa shape index (κ2) is 10.2. The SMILES string of the molecule is CCC(C(=O)NCC1CCCO1)N(C(=O)c1snc(C(N)=O)c1N)c1ccc(F)c(Cl)c1. The van der Waals surface area contributed by atoms with Crippen molar-refractivity contribution < 1.29 is 23.5 Å². The van der Waals surface area contributed by atoms with Gasteiger partial charge in [0.15, 0.2) is 5.69 Å². The molecule has 0 spiro atoms. The minimum Gasteiger partial charge on any atom is -0.395 e. The van der Waals surface area contributed by atoms with Crippen LogP contribution in [-0.2, 0) is 9.53 Å². The van der Waals surface area contributed by atoms with Gasteiger partial charge in [-0.3, -0.25) is 19.3 Å². The van der Waals surface area contributed by atoms with E-state index in [9.17, 15) is 18.8 Å². The molecule has 9 nitrogen and oxygen atoms in total. The summed E-state index contributed by atoms with van der Waals surface area (Å²) in [5.74, 6) is -2.66. The Hall–Kier alpha value is -2.76. The first-order chi connectivity index (χ1) is 15.2. The molecule has 1 saturated heterocycles. The Bertz CT molecular complexity index is 1030. The first-order valence-corrected chi connectivity index (χ1v) is 11.1. The van der Waals surface area contributed by atoms with Gasteiger partial charge in [-0.25, -0.2) is 4.39 Å². The van der Waals surface area contributed by atoms with Crippen LogP contribution in [0.4, 0.5) is 15.8 Å². The number of nitrogens with one attached hydrogen (secondary N) is 1. The molecule has 32 heavy (non-hydrogen) atoms. The molecule has 0 radical (unpaired) electrons. The summed E-state index contributed by atoms with van der Waals surface area (Å²) in [4.78, 5) is 39.2. The standard InChI is InChI=1S/C20H23ClFN5O4S/c1-2-14(19(29)25-9-11-4-3-7-31-11)27(10-5-6-13(22)12(21)8-10)20(30)17-15(23)16(18(24)28)26-32-17/h5-6,8,11,14H,2-4,7,9,23H2,1H3,(H2,24,28)(H,25,29). The minimum absolute atomic E-state index is 0.0652. The molecule has 2 heterocycles. The van der Waals surface area contributed by atoms with Crippen LogP contribution in [0.25, 0.3) is 0 Å². The molecule has 3 amide bonds. The predicted octanol–water partition coefficient (Wildman–Crippen LogP) is 2.34. The van der Waals surface area contributed by atoms with Crippen molar-refractivity contribution in [3.8, 4) is 0 Å². The van der Waals surface area contributed by atoms with Crippen LogP contribution in [0.5, 0.6) is 0 Å². The second-order valence-electron chi connectivity index (χ2n) is 7.22. The Labute approximate surface area is 193 Å². The normalized spacial score (nSPS) is 16.5. The van der Waals surface area contributed by atoms with Crippen LogP contribution in [-0.4, -0.2) is 47.4 Å². The van der Waals surface area contributed by atoms with Gasteiger partial charge in [0.1, 0.15) is 16.7 Å². The fraction of sp³-hybridized carbons (Fsp3) is 0.400. The first-order valence-electron chi connectivity index (χ1n) is 9.97. The quantitative estimate of drug-likeness (QED) is 0.526. The maximum atomic E-state index is 13.8. The number of hydrogen-bond acceptors (Lipinski definition) is 7. The number of nitrogens with zero attached hydrogens (tertiary/aromatic N) is 2. The highest BCUT2D eigenvalue weighted by Gasteiger charge is 2.34. The number of benzene rings is 1. The number of halogens is 2. The molecule has 2 atom stereocenters. The number of primary amides is 1. The van der Waals surface area contributed by atoms with Crippen molar-refractivity contribution in [2.75, 3.05) is 23.8 Å². The molecule has 1 aliphatic rings. The average Bonchev–Trinajstić information content (AvgIpc) is 3.41. The summed E-state index contributed by atoms with van der Waals surface area (Å²) < 4.78 is 23.2. The molecule has 0 aliphatic carbocycles. The van der Waals surface area contributed by atoms with Gasteiger partial charge in [-0.2, -0.15) is 4.37 Å². The lowest BCUT2D eigenvalue weighted by Crippen LogP contribution is -2.51. The highest BCUT2D eigenvalue weighted by molar-refractivity contribution is 7.09. The number of hydrogen-bond donors (Lipinski definition) is 3. The molecular formula is C20H23ClFN5O4S. The highest BCUT2D eigenvalue weighted by Crippen LogP contribution is 2.30. The van der Waals surface area contributed by atoms with Crippen molar-refractivity contribution in [1.29, 1.82) is 0 Å². The van der Waals surface area contributed by atoms with Gasteiger partial charge in [0.25, 0.3) is 11.8 Å². The second-order valence-corrected chi connectivity index (χ2v) is 8.40. The Balaban J connectivity index is 1.96. The number of carbonyl (C=O) groups is 3. The van der Waals surface area contributed by atoms with Crippen molar-refractivity contribution in [3.63, 3.8) is 0 Å². The maximum absolute atomic E-state index is 13.8. The van der Waals surface area contributed by atoms with E-state index in [4.69, 9.17) is 27.8 Å². The predicted molar refractivity (Wildman–Crippen MR) is 119 cm³/mol. The van der Waals surface area contributed by atoms with E-state index in [0.717, 1.165) is 18.9 Å².